The molecule has 17 heavy (non-hydrogen) atoms. The van der Waals surface area contributed by atoms with Gasteiger partial charge < -0.3 is 10.0 Å². The van der Waals surface area contributed by atoms with E-state index in [1.165, 1.54) is 12.1 Å². The van der Waals surface area contributed by atoms with Crippen LogP contribution in [-0.4, -0.2) is 36.2 Å². The maximum Gasteiger partial charge on any atom is 0.285 e. The minimum absolute atomic E-state index is 0.0314. The van der Waals surface area contributed by atoms with Gasteiger partial charge in [-0.2, -0.15) is 8.78 Å². The van der Waals surface area contributed by atoms with Crippen LogP contribution in [0.15, 0.2) is 30.3 Å². The summed E-state index contributed by atoms with van der Waals surface area (Å²) in [5.74, 6) is -2.85. The molecule has 0 heterocycles. The summed E-state index contributed by atoms with van der Waals surface area (Å²) in [4.78, 5) is 1.54. The number of hydrogen-bond acceptors (Lipinski definition) is 2. The maximum atomic E-state index is 13.8. The minimum Gasteiger partial charge on any atom is -0.393 e. The zero-order chi connectivity index (χ0) is 12.9. The van der Waals surface area contributed by atoms with Crippen LogP contribution in [0.2, 0.25) is 0 Å². The standard InChI is InChI=1S/C13H19F2NO/c1-11(17)8-9-16(2)10-13(14,15)12-6-4-3-5-7-12/h3-7,11,17H,8-10H2,1-2H3. The zero-order valence-corrected chi connectivity index (χ0v) is 10.2. The van der Waals surface area contributed by atoms with E-state index >= 15 is 0 Å². The lowest BCUT2D eigenvalue weighted by Gasteiger charge is -2.24. The van der Waals surface area contributed by atoms with E-state index in [0.717, 1.165) is 0 Å². The number of aliphatic hydroxyl groups excluding tert-OH is 1. The third kappa shape index (κ3) is 4.79. The number of hydrogen-bond donors (Lipinski definition) is 1. The fourth-order valence-electron chi connectivity index (χ4n) is 1.60. The van der Waals surface area contributed by atoms with Crippen LogP contribution in [0.25, 0.3) is 0 Å². The van der Waals surface area contributed by atoms with Crippen LogP contribution in [0.5, 0.6) is 0 Å². The van der Waals surface area contributed by atoms with Crippen molar-refractivity contribution in [3.05, 3.63) is 35.9 Å². The molecule has 4 heteroatoms. The SMILES string of the molecule is CC(O)CCN(C)CC(F)(F)c1ccccc1. The third-order valence-corrected chi connectivity index (χ3v) is 2.59. The second kappa shape index (κ2) is 6.07. The van der Waals surface area contributed by atoms with Gasteiger partial charge >= 0.3 is 0 Å². The first kappa shape index (κ1) is 14.1. The van der Waals surface area contributed by atoms with Gasteiger partial charge in [-0.15, -0.1) is 0 Å². The molecule has 1 aromatic carbocycles. The van der Waals surface area contributed by atoms with Gasteiger partial charge in [-0.3, -0.25) is 0 Å². The Bertz CT molecular complexity index is 327. The average molecular weight is 243 g/mol. The molecule has 0 radical (unpaired) electrons. The van der Waals surface area contributed by atoms with Gasteiger partial charge in [0.2, 0.25) is 0 Å². The van der Waals surface area contributed by atoms with Gasteiger partial charge in [-0.05, 0) is 20.4 Å². The average Bonchev–Trinajstić information content (AvgIpc) is 2.27. The Morgan fingerprint density at radius 3 is 2.41 bits per heavy atom. The van der Waals surface area contributed by atoms with Gasteiger partial charge in [0.15, 0.2) is 0 Å². The molecule has 1 atom stereocenters. The van der Waals surface area contributed by atoms with Crippen LogP contribution in [0, 0.1) is 0 Å². The number of nitrogens with zero attached hydrogens (tertiary/aromatic N) is 1. The molecule has 0 aliphatic rings. The van der Waals surface area contributed by atoms with E-state index in [1.54, 1.807) is 37.1 Å². The number of rotatable bonds is 6. The van der Waals surface area contributed by atoms with E-state index in [1.807, 2.05) is 0 Å². The summed E-state index contributed by atoms with van der Waals surface area (Å²) >= 11 is 0. The van der Waals surface area contributed by atoms with E-state index in [-0.39, 0.29) is 12.1 Å². The predicted molar refractivity (Wildman–Crippen MR) is 64.1 cm³/mol. The molecule has 96 valence electrons. The van der Waals surface area contributed by atoms with Crippen LogP contribution in [0.1, 0.15) is 18.9 Å². The molecular formula is C13H19F2NO. The number of likely N-dealkylation sites (N-methyl/N-ethyl adjacent to an activating group) is 1. The van der Waals surface area contributed by atoms with Crippen molar-refractivity contribution in [3.63, 3.8) is 0 Å². The Kier molecular flexibility index (Phi) is 5.02. The van der Waals surface area contributed by atoms with Crippen molar-refractivity contribution in [2.45, 2.75) is 25.4 Å². The van der Waals surface area contributed by atoms with Gasteiger partial charge in [0.1, 0.15) is 0 Å². The molecule has 0 saturated carbocycles. The summed E-state index contributed by atoms with van der Waals surface area (Å²) in [5, 5.41) is 9.10. The normalized spacial score (nSPS) is 14.0. The number of benzene rings is 1. The van der Waals surface area contributed by atoms with E-state index < -0.39 is 12.0 Å². The molecule has 0 spiro atoms. The van der Waals surface area contributed by atoms with Crippen molar-refractivity contribution in [1.29, 1.82) is 0 Å². The number of alkyl halides is 2. The molecule has 1 aromatic rings. The molecule has 1 unspecified atom stereocenters. The lowest BCUT2D eigenvalue weighted by atomic mass is 10.1. The Morgan fingerprint density at radius 2 is 1.88 bits per heavy atom. The second-order valence-electron chi connectivity index (χ2n) is 4.45. The van der Waals surface area contributed by atoms with Crippen molar-refractivity contribution in [2.75, 3.05) is 20.1 Å². The number of halogens is 2. The Hall–Kier alpha value is -1.00. The summed E-state index contributed by atoms with van der Waals surface area (Å²) in [6.45, 7) is 1.78. The largest absolute Gasteiger partial charge is 0.393 e. The Balaban J connectivity index is 2.54. The van der Waals surface area contributed by atoms with Gasteiger partial charge in [0.25, 0.3) is 5.92 Å². The first-order chi connectivity index (χ1) is 7.92. The predicted octanol–water partition coefficient (Wildman–Crippen LogP) is 2.48. The van der Waals surface area contributed by atoms with Crippen molar-refractivity contribution in [3.8, 4) is 0 Å². The quantitative estimate of drug-likeness (QED) is 0.829. The van der Waals surface area contributed by atoms with Crippen molar-refractivity contribution in [2.24, 2.45) is 0 Å². The van der Waals surface area contributed by atoms with E-state index in [4.69, 9.17) is 5.11 Å². The summed E-state index contributed by atoms with van der Waals surface area (Å²) in [6.07, 6.45) is 0.0456. The highest BCUT2D eigenvalue weighted by Gasteiger charge is 2.32. The van der Waals surface area contributed by atoms with Gasteiger partial charge in [-0.1, -0.05) is 30.3 Å². The molecule has 0 aliphatic carbocycles. The Morgan fingerprint density at radius 1 is 1.29 bits per heavy atom. The van der Waals surface area contributed by atoms with Crippen molar-refractivity contribution >= 4 is 0 Å². The first-order valence-corrected chi connectivity index (χ1v) is 5.72. The van der Waals surface area contributed by atoms with Gasteiger partial charge in [0.05, 0.1) is 12.6 Å². The fourth-order valence-corrected chi connectivity index (χ4v) is 1.60. The van der Waals surface area contributed by atoms with Crippen LogP contribution >= 0.6 is 0 Å². The smallest absolute Gasteiger partial charge is 0.285 e. The van der Waals surface area contributed by atoms with E-state index in [0.29, 0.717) is 13.0 Å². The van der Waals surface area contributed by atoms with Crippen LogP contribution in [0.3, 0.4) is 0 Å². The molecule has 0 saturated heterocycles. The van der Waals surface area contributed by atoms with Crippen LogP contribution in [0.4, 0.5) is 8.78 Å². The highest BCUT2D eigenvalue weighted by molar-refractivity contribution is 5.20. The highest BCUT2D eigenvalue weighted by Crippen LogP contribution is 2.28. The molecule has 0 aliphatic heterocycles. The summed E-state index contributed by atoms with van der Waals surface area (Å²) in [5.41, 5.74) is 0.0314. The molecule has 2 nitrogen and oxygen atoms in total. The molecular weight excluding hydrogens is 224 g/mol. The minimum atomic E-state index is -2.85. The summed E-state index contributed by atoms with van der Waals surface area (Å²) in [6, 6.07) is 7.81. The van der Waals surface area contributed by atoms with Gasteiger partial charge in [-0.25, -0.2) is 0 Å². The van der Waals surface area contributed by atoms with Crippen molar-refractivity contribution < 1.29 is 13.9 Å². The van der Waals surface area contributed by atoms with Gasteiger partial charge in [0, 0.05) is 12.1 Å². The maximum absolute atomic E-state index is 13.8. The molecule has 1 rings (SSSR count). The van der Waals surface area contributed by atoms with Crippen molar-refractivity contribution in [1.82, 2.24) is 4.90 Å². The van der Waals surface area contributed by atoms with E-state index in [9.17, 15) is 8.78 Å². The first-order valence-electron chi connectivity index (χ1n) is 5.72. The topological polar surface area (TPSA) is 23.5 Å². The second-order valence-corrected chi connectivity index (χ2v) is 4.45. The third-order valence-electron chi connectivity index (χ3n) is 2.59. The zero-order valence-electron chi connectivity index (χ0n) is 10.2. The molecule has 1 N–H and O–H groups in total. The lowest BCUT2D eigenvalue weighted by molar-refractivity contribution is -0.0339. The number of aliphatic hydroxyl groups is 1. The summed E-state index contributed by atoms with van der Waals surface area (Å²) < 4.78 is 27.7. The molecule has 0 fully saturated rings. The monoisotopic (exact) mass is 243 g/mol. The Labute approximate surface area is 101 Å². The van der Waals surface area contributed by atoms with Crippen LogP contribution in [-0.2, 0) is 5.92 Å². The fraction of sp³-hybridized carbons (Fsp3) is 0.538. The van der Waals surface area contributed by atoms with Crippen LogP contribution < -0.4 is 0 Å². The van der Waals surface area contributed by atoms with E-state index in [2.05, 4.69) is 0 Å². The molecule has 0 amide bonds. The molecule has 0 bridgehead atoms. The highest BCUT2D eigenvalue weighted by atomic mass is 19.3. The summed E-state index contributed by atoms with van der Waals surface area (Å²) in [7, 11) is 1.64. The molecule has 0 aromatic heterocycles. The lowest BCUT2D eigenvalue weighted by Crippen LogP contribution is -2.34.